The van der Waals surface area contributed by atoms with Crippen molar-refractivity contribution in [3.63, 3.8) is 0 Å². The van der Waals surface area contributed by atoms with Crippen molar-refractivity contribution in [3.05, 3.63) is 0 Å². The van der Waals surface area contributed by atoms with Crippen molar-refractivity contribution < 1.29 is 9.90 Å². The Balaban J connectivity index is 3.30. The Labute approximate surface area is 73.1 Å². The van der Waals surface area contributed by atoms with Crippen LogP contribution in [0.1, 0.15) is 39.0 Å². The lowest BCUT2D eigenvalue weighted by Gasteiger charge is -2.08. The number of hydrazine groups is 1. The first-order chi connectivity index (χ1) is 5.70. The number of carbonyl (C=O) groups excluding carboxylic acids is 1. The largest absolute Gasteiger partial charge is 0.393 e. The standard InChI is InChI=1S/C8H18N2O2/c1-2-3-4-7(11)5-6-8(12)10-9/h7,11H,2-6,9H2,1H3,(H,10,12). The maximum Gasteiger partial charge on any atom is 0.233 e. The highest BCUT2D eigenvalue weighted by molar-refractivity contribution is 5.75. The molecule has 0 aromatic rings. The van der Waals surface area contributed by atoms with Crippen molar-refractivity contribution in [2.75, 3.05) is 0 Å². The summed E-state index contributed by atoms with van der Waals surface area (Å²) in [6, 6.07) is 0. The molecule has 1 amide bonds. The van der Waals surface area contributed by atoms with Crippen LogP contribution in [0.15, 0.2) is 0 Å². The first kappa shape index (κ1) is 11.4. The molecule has 1 atom stereocenters. The maximum atomic E-state index is 10.6. The van der Waals surface area contributed by atoms with Gasteiger partial charge in [0.05, 0.1) is 6.10 Å². The van der Waals surface area contributed by atoms with Gasteiger partial charge in [0.2, 0.25) is 5.91 Å². The van der Waals surface area contributed by atoms with Gasteiger partial charge >= 0.3 is 0 Å². The van der Waals surface area contributed by atoms with Crippen LogP contribution >= 0.6 is 0 Å². The first-order valence-corrected chi connectivity index (χ1v) is 4.38. The Morgan fingerprint density at radius 1 is 1.58 bits per heavy atom. The SMILES string of the molecule is CCCCC(O)CCC(=O)NN. The van der Waals surface area contributed by atoms with Crippen LogP contribution < -0.4 is 11.3 Å². The molecule has 0 heterocycles. The van der Waals surface area contributed by atoms with Crippen molar-refractivity contribution in [1.82, 2.24) is 5.43 Å². The zero-order valence-corrected chi connectivity index (χ0v) is 7.55. The number of carbonyl (C=O) groups is 1. The Hall–Kier alpha value is -0.610. The van der Waals surface area contributed by atoms with Crippen LogP contribution in [0.5, 0.6) is 0 Å². The van der Waals surface area contributed by atoms with Crippen molar-refractivity contribution in [3.8, 4) is 0 Å². The summed E-state index contributed by atoms with van der Waals surface area (Å²) in [5.74, 6) is 4.66. The molecule has 4 N–H and O–H groups in total. The van der Waals surface area contributed by atoms with Crippen LogP contribution in [0.2, 0.25) is 0 Å². The van der Waals surface area contributed by atoms with E-state index in [0.29, 0.717) is 12.8 Å². The predicted octanol–water partition coefficient (Wildman–Crippen LogP) is 0.308. The molecular weight excluding hydrogens is 156 g/mol. The monoisotopic (exact) mass is 174 g/mol. The summed E-state index contributed by atoms with van der Waals surface area (Å²) in [6.07, 6.45) is 3.30. The third kappa shape index (κ3) is 6.12. The third-order valence-electron chi connectivity index (χ3n) is 1.76. The number of nitrogens with two attached hydrogens (primary N) is 1. The van der Waals surface area contributed by atoms with Gasteiger partial charge in [-0.1, -0.05) is 19.8 Å². The molecule has 0 aromatic carbocycles. The van der Waals surface area contributed by atoms with E-state index in [0.717, 1.165) is 19.3 Å². The van der Waals surface area contributed by atoms with Crippen LogP contribution in [-0.2, 0) is 4.79 Å². The van der Waals surface area contributed by atoms with E-state index in [2.05, 4.69) is 6.92 Å². The molecule has 0 saturated heterocycles. The van der Waals surface area contributed by atoms with Gasteiger partial charge in [-0.15, -0.1) is 0 Å². The second-order valence-corrected chi connectivity index (χ2v) is 2.90. The summed E-state index contributed by atoms with van der Waals surface area (Å²) in [7, 11) is 0. The minimum Gasteiger partial charge on any atom is -0.393 e. The Bertz CT molecular complexity index is 128. The fourth-order valence-electron chi connectivity index (χ4n) is 0.954. The van der Waals surface area contributed by atoms with E-state index in [1.54, 1.807) is 0 Å². The lowest BCUT2D eigenvalue weighted by Crippen LogP contribution is -2.30. The summed E-state index contributed by atoms with van der Waals surface area (Å²) in [6.45, 7) is 2.07. The second kappa shape index (κ2) is 7.06. The number of hydrogen-bond acceptors (Lipinski definition) is 3. The third-order valence-corrected chi connectivity index (χ3v) is 1.76. The smallest absolute Gasteiger partial charge is 0.233 e. The van der Waals surface area contributed by atoms with E-state index >= 15 is 0 Å². The van der Waals surface area contributed by atoms with Crippen LogP contribution in [0.25, 0.3) is 0 Å². The van der Waals surface area contributed by atoms with Crippen molar-refractivity contribution >= 4 is 5.91 Å². The number of amides is 1. The van der Waals surface area contributed by atoms with Gasteiger partial charge in [-0.25, -0.2) is 5.84 Å². The molecule has 0 rings (SSSR count). The molecule has 0 bridgehead atoms. The minimum absolute atomic E-state index is 0.217. The number of unbranched alkanes of at least 4 members (excludes halogenated alkanes) is 1. The molecule has 4 nitrogen and oxygen atoms in total. The molecular formula is C8H18N2O2. The van der Waals surface area contributed by atoms with Crippen molar-refractivity contribution in [2.24, 2.45) is 5.84 Å². The van der Waals surface area contributed by atoms with E-state index in [4.69, 9.17) is 5.84 Å². The minimum atomic E-state index is -0.359. The Morgan fingerprint density at radius 2 is 2.25 bits per heavy atom. The predicted molar refractivity (Wildman–Crippen MR) is 47.1 cm³/mol. The summed E-state index contributed by atoms with van der Waals surface area (Å²) < 4.78 is 0. The molecule has 72 valence electrons. The van der Waals surface area contributed by atoms with Gasteiger partial charge in [-0.05, 0) is 12.8 Å². The molecule has 4 heteroatoms. The van der Waals surface area contributed by atoms with Crippen molar-refractivity contribution in [1.29, 1.82) is 0 Å². The van der Waals surface area contributed by atoms with Crippen LogP contribution in [-0.4, -0.2) is 17.1 Å². The molecule has 0 aromatic heterocycles. The second-order valence-electron chi connectivity index (χ2n) is 2.90. The molecule has 0 aliphatic carbocycles. The number of aliphatic hydroxyl groups excluding tert-OH is 1. The summed E-state index contributed by atoms with van der Waals surface area (Å²) >= 11 is 0. The molecule has 0 fully saturated rings. The molecule has 0 aliphatic rings. The number of nitrogens with one attached hydrogen (secondary N) is 1. The first-order valence-electron chi connectivity index (χ1n) is 4.38. The lowest BCUT2D eigenvalue weighted by atomic mass is 10.1. The molecule has 0 aliphatic heterocycles. The van der Waals surface area contributed by atoms with Gasteiger partial charge in [0.1, 0.15) is 0 Å². The summed E-state index contributed by atoms with van der Waals surface area (Å²) in [4.78, 5) is 10.6. The van der Waals surface area contributed by atoms with E-state index in [9.17, 15) is 9.90 Å². The van der Waals surface area contributed by atoms with E-state index in [-0.39, 0.29) is 12.0 Å². The van der Waals surface area contributed by atoms with Crippen molar-refractivity contribution in [2.45, 2.75) is 45.1 Å². The number of rotatable bonds is 6. The van der Waals surface area contributed by atoms with Crippen LogP contribution in [0.3, 0.4) is 0 Å². The average molecular weight is 174 g/mol. The zero-order valence-electron chi connectivity index (χ0n) is 7.55. The van der Waals surface area contributed by atoms with E-state index < -0.39 is 0 Å². The van der Waals surface area contributed by atoms with E-state index in [1.165, 1.54) is 0 Å². The quantitative estimate of drug-likeness (QED) is 0.308. The van der Waals surface area contributed by atoms with Gasteiger partial charge in [0.15, 0.2) is 0 Å². The highest BCUT2D eigenvalue weighted by atomic mass is 16.3. The lowest BCUT2D eigenvalue weighted by molar-refractivity contribution is -0.121. The molecule has 0 radical (unpaired) electrons. The number of hydrogen-bond donors (Lipinski definition) is 3. The molecule has 12 heavy (non-hydrogen) atoms. The highest BCUT2D eigenvalue weighted by Crippen LogP contribution is 2.05. The number of aliphatic hydroxyl groups is 1. The normalized spacial score (nSPS) is 12.6. The average Bonchev–Trinajstić information content (AvgIpc) is 2.10. The Kier molecular flexibility index (Phi) is 6.70. The van der Waals surface area contributed by atoms with Crippen LogP contribution in [0, 0.1) is 0 Å². The highest BCUT2D eigenvalue weighted by Gasteiger charge is 2.05. The topological polar surface area (TPSA) is 75.3 Å². The maximum absolute atomic E-state index is 10.6. The van der Waals surface area contributed by atoms with Gasteiger partial charge < -0.3 is 5.11 Å². The molecule has 0 saturated carbocycles. The fraction of sp³-hybridized carbons (Fsp3) is 0.875. The van der Waals surface area contributed by atoms with Gasteiger partial charge in [-0.2, -0.15) is 0 Å². The van der Waals surface area contributed by atoms with Gasteiger partial charge in [-0.3, -0.25) is 10.2 Å². The van der Waals surface area contributed by atoms with Crippen LogP contribution in [0.4, 0.5) is 0 Å². The van der Waals surface area contributed by atoms with Gasteiger partial charge in [0.25, 0.3) is 0 Å². The van der Waals surface area contributed by atoms with Gasteiger partial charge in [0, 0.05) is 6.42 Å². The Morgan fingerprint density at radius 3 is 2.75 bits per heavy atom. The molecule has 1 unspecified atom stereocenters. The summed E-state index contributed by atoms with van der Waals surface area (Å²) in [5, 5.41) is 9.30. The summed E-state index contributed by atoms with van der Waals surface area (Å²) in [5.41, 5.74) is 2.03. The fourth-order valence-corrected chi connectivity index (χ4v) is 0.954. The molecule has 0 spiro atoms. The van der Waals surface area contributed by atoms with E-state index in [1.807, 2.05) is 5.43 Å². The zero-order chi connectivity index (χ0) is 9.40.